The van der Waals surface area contributed by atoms with E-state index in [1.807, 2.05) is 11.8 Å². The Hall–Kier alpha value is -1.80. The van der Waals surface area contributed by atoms with Crippen molar-refractivity contribution >= 4 is 29.0 Å². The van der Waals surface area contributed by atoms with Gasteiger partial charge in [-0.15, -0.1) is 0 Å². The molecular weight excluding hydrogens is 280 g/mol. The number of nitro groups is 1. The first-order valence-electron chi connectivity index (χ1n) is 6.23. The average Bonchev–Trinajstić information content (AvgIpc) is 2.97. The molecule has 0 radical (unpaired) electrons. The summed E-state index contributed by atoms with van der Waals surface area (Å²) in [7, 11) is 0. The molecule has 8 heteroatoms. The summed E-state index contributed by atoms with van der Waals surface area (Å²) in [5.74, 6) is 7.39. The highest BCUT2D eigenvalue weighted by molar-refractivity contribution is 7.99. The molecular formula is C12H16N4O3S. The van der Waals surface area contributed by atoms with Crippen molar-refractivity contribution in [1.29, 1.82) is 0 Å². The zero-order valence-corrected chi connectivity index (χ0v) is 11.6. The third-order valence-corrected chi connectivity index (χ3v) is 4.41. The topological polar surface area (TPSA) is 110 Å². The lowest BCUT2D eigenvalue weighted by molar-refractivity contribution is -0.385. The molecule has 4 N–H and O–H groups in total. The zero-order chi connectivity index (χ0) is 14.5. The maximum atomic E-state index is 12.1. The molecule has 0 aliphatic carbocycles. The molecule has 20 heavy (non-hydrogen) atoms. The van der Waals surface area contributed by atoms with E-state index in [-0.39, 0.29) is 11.3 Å². The lowest BCUT2D eigenvalue weighted by Gasteiger charge is -2.11. The highest BCUT2D eigenvalue weighted by Crippen LogP contribution is 2.24. The fourth-order valence-corrected chi connectivity index (χ4v) is 3.33. The standard InChI is InChI=1S/C12H16N4O3S/c13-15-9-1-2-11(16(18)19)10(5-9)12(17)14-6-8-3-4-20-7-8/h1-2,5,8,15H,3-4,6-7,13H2,(H,14,17). The number of anilines is 1. The number of nitrogens with zero attached hydrogens (tertiary/aromatic N) is 1. The van der Waals surface area contributed by atoms with Gasteiger partial charge in [0.2, 0.25) is 0 Å². The number of nitrogen functional groups attached to an aromatic ring is 1. The van der Waals surface area contributed by atoms with Crippen molar-refractivity contribution in [3.63, 3.8) is 0 Å². The van der Waals surface area contributed by atoms with Gasteiger partial charge in [0, 0.05) is 18.3 Å². The number of thioether (sulfide) groups is 1. The largest absolute Gasteiger partial charge is 0.352 e. The molecule has 1 aromatic carbocycles. The number of carbonyl (C=O) groups excluding carboxylic acids is 1. The fraction of sp³-hybridized carbons (Fsp3) is 0.417. The number of rotatable bonds is 5. The quantitative estimate of drug-likeness (QED) is 0.430. The molecule has 1 fully saturated rings. The van der Waals surface area contributed by atoms with Crippen molar-refractivity contribution in [3.05, 3.63) is 33.9 Å². The van der Waals surface area contributed by atoms with E-state index in [1.54, 1.807) is 0 Å². The maximum absolute atomic E-state index is 12.1. The van der Waals surface area contributed by atoms with Gasteiger partial charge in [-0.25, -0.2) is 0 Å². The van der Waals surface area contributed by atoms with Gasteiger partial charge in [0.1, 0.15) is 5.56 Å². The Bertz CT molecular complexity index is 517. The molecule has 0 spiro atoms. The smallest absolute Gasteiger partial charge is 0.282 e. The second-order valence-electron chi connectivity index (χ2n) is 4.57. The molecule has 108 valence electrons. The van der Waals surface area contributed by atoms with Gasteiger partial charge in [0.25, 0.3) is 11.6 Å². The summed E-state index contributed by atoms with van der Waals surface area (Å²) in [6.45, 7) is 0.545. The van der Waals surface area contributed by atoms with Crippen LogP contribution in [0.5, 0.6) is 0 Å². The van der Waals surface area contributed by atoms with Crippen LogP contribution in [0, 0.1) is 16.0 Å². The van der Waals surface area contributed by atoms with Gasteiger partial charge in [0.05, 0.1) is 4.92 Å². The van der Waals surface area contributed by atoms with Crippen molar-refractivity contribution in [2.75, 3.05) is 23.5 Å². The first kappa shape index (κ1) is 14.6. The summed E-state index contributed by atoms with van der Waals surface area (Å²) >= 11 is 1.86. The van der Waals surface area contributed by atoms with Gasteiger partial charge in [-0.2, -0.15) is 11.8 Å². The monoisotopic (exact) mass is 296 g/mol. The fourth-order valence-electron chi connectivity index (χ4n) is 2.04. The van der Waals surface area contributed by atoms with Gasteiger partial charge in [0.15, 0.2) is 0 Å². The van der Waals surface area contributed by atoms with Crippen LogP contribution in [-0.2, 0) is 0 Å². The Morgan fingerprint density at radius 2 is 2.35 bits per heavy atom. The van der Waals surface area contributed by atoms with Gasteiger partial charge >= 0.3 is 0 Å². The average molecular weight is 296 g/mol. The highest BCUT2D eigenvalue weighted by Gasteiger charge is 2.22. The summed E-state index contributed by atoms with van der Waals surface area (Å²) in [6.07, 6.45) is 1.07. The summed E-state index contributed by atoms with van der Waals surface area (Å²) in [5.41, 5.74) is 2.64. The van der Waals surface area contributed by atoms with Crippen LogP contribution in [0.15, 0.2) is 18.2 Å². The van der Waals surface area contributed by atoms with Crippen molar-refractivity contribution < 1.29 is 9.72 Å². The number of nitrogens with two attached hydrogens (primary N) is 1. The van der Waals surface area contributed by atoms with E-state index in [2.05, 4.69) is 10.7 Å². The van der Waals surface area contributed by atoms with Crippen LogP contribution in [0.25, 0.3) is 0 Å². The predicted molar refractivity (Wildman–Crippen MR) is 78.7 cm³/mol. The molecule has 1 unspecified atom stereocenters. The van der Waals surface area contributed by atoms with Gasteiger partial charge < -0.3 is 10.7 Å². The number of hydrogen-bond acceptors (Lipinski definition) is 6. The second-order valence-corrected chi connectivity index (χ2v) is 5.72. The molecule has 1 aromatic rings. The minimum Gasteiger partial charge on any atom is -0.352 e. The summed E-state index contributed by atoms with van der Waals surface area (Å²) in [5, 5.41) is 13.7. The van der Waals surface area contributed by atoms with E-state index in [0.717, 1.165) is 17.9 Å². The van der Waals surface area contributed by atoms with Crippen molar-refractivity contribution in [1.82, 2.24) is 5.32 Å². The van der Waals surface area contributed by atoms with Gasteiger partial charge in [-0.1, -0.05) is 0 Å². The van der Waals surface area contributed by atoms with Crippen molar-refractivity contribution in [3.8, 4) is 0 Å². The number of nitrogens with one attached hydrogen (secondary N) is 2. The van der Waals surface area contributed by atoms with Crippen LogP contribution in [-0.4, -0.2) is 28.9 Å². The van der Waals surface area contributed by atoms with Crippen LogP contribution in [0.3, 0.4) is 0 Å². The van der Waals surface area contributed by atoms with E-state index in [9.17, 15) is 14.9 Å². The minimum atomic E-state index is -0.569. The molecule has 1 aliphatic rings. The number of hydrazine groups is 1. The molecule has 0 aromatic heterocycles. The summed E-state index contributed by atoms with van der Waals surface area (Å²) in [4.78, 5) is 22.5. The SMILES string of the molecule is NNc1ccc([N+](=O)[O-])c(C(=O)NCC2CCSC2)c1. The van der Waals surface area contributed by atoms with Gasteiger partial charge in [-0.3, -0.25) is 20.8 Å². The number of benzene rings is 1. The number of amides is 1. The number of nitro benzene ring substituents is 1. The molecule has 1 saturated heterocycles. The van der Waals surface area contributed by atoms with E-state index in [1.165, 1.54) is 18.2 Å². The maximum Gasteiger partial charge on any atom is 0.282 e. The van der Waals surface area contributed by atoms with Crippen molar-refractivity contribution in [2.24, 2.45) is 11.8 Å². The molecule has 1 amide bonds. The van der Waals surface area contributed by atoms with Crippen LogP contribution < -0.4 is 16.6 Å². The third kappa shape index (κ3) is 3.40. The highest BCUT2D eigenvalue weighted by atomic mass is 32.2. The predicted octanol–water partition coefficient (Wildman–Crippen LogP) is 1.36. The number of carbonyl (C=O) groups is 1. The summed E-state index contributed by atoms with van der Waals surface area (Å²) < 4.78 is 0. The van der Waals surface area contributed by atoms with Crippen LogP contribution in [0.1, 0.15) is 16.8 Å². The molecule has 7 nitrogen and oxygen atoms in total. The Morgan fingerprint density at radius 1 is 1.55 bits per heavy atom. The van der Waals surface area contributed by atoms with E-state index < -0.39 is 10.8 Å². The first-order chi connectivity index (χ1) is 9.61. The van der Waals surface area contributed by atoms with Crippen LogP contribution in [0.4, 0.5) is 11.4 Å². The molecule has 1 heterocycles. The van der Waals surface area contributed by atoms with E-state index in [4.69, 9.17) is 5.84 Å². The third-order valence-electron chi connectivity index (χ3n) is 3.18. The zero-order valence-electron chi connectivity index (χ0n) is 10.8. The van der Waals surface area contributed by atoms with E-state index in [0.29, 0.717) is 18.2 Å². The lowest BCUT2D eigenvalue weighted by atomic mass is 10.1. The molecule has 0 saturated carbocycles. The molecule has 0 bridgehead atoms. The molecule has 2 rings (SSSR count). The Morgan fingerprint density at radius 3 is 2.95 bits per heavy atom. The second kappa shape index (κ2) is 6.58. The first-order valence-corrected chi connectivity index (χ1v) is 7.38. The lowest BCUT2D eigenvalue weighted by Crippen LogP contribution is -2.29. The number of hydrogen-bond donors (Lipinski definition) is 3. The summed E-state index contributed by atoms with van der Waals surface area (Å²) in [6, 6.07) is 4.12. The normalized spacial score (nSPS) is 17.8. The Balaban J connectivity index is 2.11. The van der Waals surface area contributed by atoms with Gasteiger partial charge in [-0.05, 0) is 36.0 Å². The van der Waals surface area contributed by atoms with Crippen LogP contribution in [0.2, 0.25) is 0 Å². The Labute approximate surface area is 120 Å². The van der Waals surface area contributed by atoms with Crippen molar-refractivity contribution in [2.45, 2.75) is 6.42 Å². The minimum absolute atomic E-state index is 0.0242. The Kier molecular flexibility index (Phi) is 4.80. The molecule has 1 atom stereocenters. The van der Waals surface area contributed by atoms with Crippen LogP contribution >= 0.6 is 11.8 Å². The van der Waals surface area contributed by atoms with E-state index >= 15 is 0 Å². The molecule has 1 aliphatic heterocycles.